The number of rotatable bonds is 5. The Balaban J connectivity index is 2.16. The number of nitrogens with zero attached hydrogens (tertiary/aromatic N) is 1. The molecule has 3 rings (SSSR count). The molecule has 0 fully saturated rings. The van der Waals surface area contributed by atoms with Crippen LogP contribution in [0.4, 0.5) is 10.7 Å². The summed E-state index contributed by atoms with van der Waals surface area (Å²) >= 11 is 6.97. The normalized spacial score (nSPS) is 10.6. The highest BCUT2D eigenvalue weighted by Crippen LogP contribution is 2.42. The quantitative estimate of drug-likeness (QED) is 0.550. The van der Waals surface area contributed by atoms with E-state index in [1.54, 1.807) is 49.4 Å². The van der Waals surface area contributed by atoms with E-state index in [2.05, 4.69) is 5.32 Å². The van der Waals surface area contributed by atoms with Crippen molar-refractivity contribution in [3.63, 3.8) is 0 Å². The lowest BCUT2D eigenvalue weighted by atomic mass is 10.1. The lowest BCUT2D eigenvalue weighted by Gasteiger charge is -2.17. The van der Waals surface area contributed by atoms with Crippen LogP contribution in [0.2, 0.25) is 5.02 Å². The second kappa shape index (κ2) is 9.28. The van der Waals surface area contributed by atoms with E-state index >= 15 is 0 Å². The minimum Gasteiger partial charge on any atom is -0.462 e. The van der Waals surface area contributed by atoms with Crippen molar-refractivity contribution >= 4 is 67.4 Å². The van der Waals surface area contributed by atoms with Crippen molar-refractivity contribution in [3.8, 4) is 0 Å². The van der Waals surface area contributed by atoms with Crippen LogP contribution >= 0.6 is 22.9 Å². The van der Waals surface area contributed by atoms with Gasteiger partial charge in [0, 0.05) is 29.8 Å². The molecule has 0 aliphatic carbocycles. The minimum absolute atomic E-state index is 0.146. The maximum atomic E-state index is 12.8. The highest BCUT2D eigenvalue weighted by molar-refractivity contribution is 7.24. The third-order valence-corrected chi connectivity index (χ3v) is 5.77. The van der Waals surface area contributed by atoms with Gasteiger partial charge in [-0.25, -0.2) is 9.69 Å². The number of hydrogen-bond donors (Lipinski definition) is 1. The van der Waals surface area contributed by atoms with Gasteiger partial charge in [-0.15, -0.1) is 11.3 Å². The van der Waals surface area contributed by atoms with E-state index in [-0.39, 0.29) is 17.2 Å². The zero-order valence-electron chi connectivity index (χ0n) is 17.0. The first-order valence-corrected chi connectivity index (χ1v) is 10.5. The molecule has 1 heterocycles. The third kappa shape index (κ3) is 4.60. The Hall–Kier alpha value is -3.23. The van der Waals surface area contributed by atoms with Crippen LogP contribution in [0.15, 0.2) is 42.5 Å². The van der Waals surface area contributed by atoms with E-state index in [0.717, 1.165) is 16.2 Å². The van der Waals surface area contributed by atoms with Gasteiger partial charge in [-0.3, -0.25) is 14.4 Å². The second-order valence-electron chi connectivity index (χ2n) is 6.51. The average Bonchev–Trinajstić information content (AvgIpc) is 3.07. The molecule has 0 saturated heterocycles. The number of anilines is 2. The average molecular weight is 459 g/mol. The topological polar surface area (TPSA) is 92.8 Å². The van der Waals surface area contributed by atoms with E-state index in [9.17, 15) is 19.2 Å². The number of carbonyl (C=O) groups excluding carboxylic acids is 4. The van der Waals surface area contributed by atoms with Gasteiger partial charge in [-0.05, 0) is 37.3 Å². The fraction of sp³-hybridized carbons (Fsp3) is 0.182. The van der Waals surface area contributed by atoms with Crippen molar-refractivity contribution < 1.29 is 23.9 Å². The predicted molar refractivity (Wildman–Crippen MR) is 121 cm³/mol. The Morgan fingerprint density at radius 1 is 1.03 bits per heavy atom. The van der Waals surface area contributed by atoms with Crippen LogP contribution < -0.4 is 10.2 Å². The fourth-order valence-corrected chi connectivity index (χ4v) is 4.43. The van der Waals surface area contributed by atoms with Gasteiger partial charge < -0.3 is 10.1 Å². The zero-order chi connectivity index (χ0) is 22.7. The SMILES string of the molecule is CCOC(=O)c1c(NC(=O)c2ccc(Cl)cc2)sc2c(N(C(C)=O)C(C)=O)cccc12. The number of fused-ring (bicyclic) bond motifs is 1. The maximum absolute atomic E-state index is 12.8. The van der Waals surface area contributed by atoms with Gasteiger partial charge in [-0.2, -0.15) is 0 Å². The molecule has 1 N–H and O–H groups in total. The molecule has 1 aromatic heterocycles. The number of amides is 3. The summed E-state index contributed by atoms with van der Waals surface area (Å²) in [7, 11) is 0. The van der Waals surface area contributed by atoms with Crippen molar-refractivity contribution in [1.82, 2.24) is 0 Å². The third-order valence-electron chi connectivity index (χ3n) is 4.38. The number of ether oxygens (including phenoxy) is 1. The zero-order valence-corrected chi connectivity index (χ0v) is 18.6. The Labute approximate surface area is 187 Å². The molecule has 0 aliphatic heterocycles. The van der Waals surface area contributed by atoms with Gasteiger partial charge in [0.05, 0.1) is 17.0 Å². The van der Waals surface area contributed by atoms with Gasteiger partial charge in [0.25, 0.3) is 5.91 Å². The van der Waals surface area contributed by atoms with Crippen molar-refractivity contribution in [2.75, 3.05) is 16.8 Å². The van der Waals surface area contributed by atoms with Crippen molar-refractivity contribution in [2.24, 2.45) is 0 Å². The number of nitrogens with one attached hydrogen (secondary N) is 1. The Kier molecular flexibility index (Phi) is 6.72. The molecule has 160 valence electrons. The molecule has 9 heteroatoms. The van der Waals surface area contributed by atoms with Crippen LogP contribution in [-0.4, -0.2) is 30.3 Å². The number of halogens is 1. The monoisotopic (exact) mass is 458 g/mol. The molecular formula is C22H19ClN2O5S. The summed E-state index contributed by atoms with van der Waals surface area (Å²) in [6.45, 7) is 4.39. The Morgan fingerprint density at radius 2 is 1.68 bits per heavy atom. The van der Waals surface area contributed by atoms with E-state index in [1.807, 2.05) is 0 Å². The first kappa shape index (κ1) is 22.5. The van der Waals surface area contributed by atoms with Crippen LogP contribution in [0, 0.1) is 0 Å². The summed E-state index contributed by atoms with van der Waals surface area (Å²) in [4.78, 5) is 50.7. The molecule has 0 unspecified atom stereocenters. The van der Waals surface area contributed by atoms with Crippen LogP contribution in [0.3, 0.4) is 0 Å². The maximum Gasteiger partial charge on any atom is 0.341 e. The molecule has 0 saturated carbocycles. The number of imide groups is 1. The second-order valence-corrected chi connectivity index (χ2v) is 7.97. The smallest absolute Gasteiger partial charge is 0.341 e. The van der Waals surface area contributed by atoms with Crippen molar-refractivity contribution in [1.29, 1.82) is 0 Å². The minimum atomic E-state index is -0.616. The van der Waals surface area contributed by atoms with Crippen LogP contribution in [0.1, 0.15) is 41.5 Å². The molecule has 0 aliphatic rings. The highest BCUT2D eigenvalue weighted by atomic mass is 35.5. The number of carbonyl (C=O) groups is 4. The first-order valence-electron chi connectivity index (χ1n) is 9.35. The number of hydrogen-bond acceptors (Lipinski definition) is 6. The molecule has 0 radical (unpaired) electrons. The summed E-state index contributed by atoms with van der Waals surface area (Å²) in [6.07, 6.45) is 0. The van der Waals surface area contributed by atoms with Crippen molar-refractivity contribution in [3.05, 3.63) is 58.6 Å². The largest absolute Gasteiger partial charge is 0.462 e. The number of benzene rings is 2. The molecule has 3 amide bonds. The summed E-state index contributed by atoms with van der Waals surface area (Å²) in [6, 6.07) is 11.2. The van der Waals surface area contributed by atoms with Gasteiger partial charge in [0.1, 0.15) is 10.6 Å². The van der Waals surface area contributed by atoms with E-state index in [1.165, 1.54) is 13.8 Å². The number of esters is 1. The molecular weight excluding hydrogens is 440 g/mol. The molecule has 0 atom stereocenters. The van der Waals surface area contributed by atoms with Crippen LogP contribution in [0.5, 0.6) is 0 Å². The van der Waals surface area contributed by atoms with E-state index < -0.39 is 23.7 Å². The summed E-state index contributed by atoms with van der Waals surface area (Å²) in [5.74, 6) is -1.98. The Bertz CT molecular complexity index is 1170. The van der Waals surface area contributed by atoms with Gasteiger partial charge in [0.15, 0.2) is 0 Å². The van der Waals surface area contributed by atoms with Crippen LogP contribution in [0.25, 0.3) is 10.1 Å². The standard InChI is InChI=1S/C22H19ClN2O5S/c1-4-30-22(29)18-16-6-5-7-17(25(12(2)26)13(3)27)19(16)31-21(18)24-20(28)14-8-10-15(23)11-9-14/h5-11H,4H2,1-3H3,(H,24,28). The Morgan fingerprint density at radius 3 is 2.26 bits per heavy atom. The fourth-order valence-electron chi connectivity index (χ4n) is 3.11. The summed E-state index contributed by atoms with van der Waals surface area (Å²) in [5.41, 5.74) is 0.851. The van der Waals surface area contributed by atoms with Gasteiger partial charge in [0.2, 0.25) is 11.8 Å². The van der Waals surface area contributed by atoms with Crippen molar-refractivity contribution in [2.45, 2.75) is 20.8 Å². The molecule has 2 aromatic carbocycles. The van der Waals surface area contributed by atoms with E-state index in [4.69, 9.17) is 16.3 Å². The molecule has 0 bridgehead atoms. The van der Waals surface area contributed by atoms with Crippen LogP contribution in [-0.2, 0) is 14.3 Å². The predicted octanol–water partition coefficient (Wildman–Crippen LogP) is 4.88. The first-order chi connectivity index (χ1) is 14.7. The molecule has 0 spiro atoms. The van der Waals surface area contributed by atoms with Gasteiger partial charge in [-0.1, -0.05) is 23.7 Å². The van der Waals surface area contributed by atoms with Gasteiger partial charge >= 0.3 is 5.97 Å². The highest BCUT2D eigenvalue weighted by Gasteiger charge is 2.26. The molecule has 31 heavy (non-hydrogen) atoms. The summed E-state index contributed by atoms with van der Waals surface area (Å²) < 4.78 is 5.69. The summed E-state index contributed by atoms with van der Waals surface area (Å²) in [5, 5.41) is 3.97. The molecule has 3 aromatic rings. The molecule has 7 nitrogen and oxygen atoms in total. The lowest BCUT2D eigenvalue weighted by Crippen LogP contribution is -2.33. The lowest BCUT2D eigenvalue weighted by molar-refractivity contribution is -0.124. The van der Waals surface area contributed by atoms with E-state index in [0.29, 0.717) is 26.4 Å². The number of thiophene rings is 1.